The first-order valence-corrected chi connectivity index (χ1v) is 16.6. The average molecular weight is 664 g/mol. The first-order chi connectivity index (χ1) is 22.2. The second kappa shape index (κ2) is 13.5. The molecule has 3 aromatic carbocycles. The van der Waals surface area contributed by atoms with E-state index in [1.54, 1.807) is 78.9 Å². The zero-order valence-corrected chi connectivity index (χ0v) is 25.6. The van der Waals surface area contributed by atoms with Crippen LogP contribution in [0, 0.1) is 0 Å². The topological polar surface area (TPSA) is 166 Å². The Morgan fingerprint density at radius 2 is 1.59 bits per heavy atom. The van der Waals surface area contributed by atoms with Crippen molar-refractivity contribution in [3.63, 3.8) is 0 Å². The summed E-state index contributed by atoms with van der Waals surface area (Å²) in [6.45, 7) is 0. The molecule has 5 atom stereocenters. The Morgan fingerprint density at radius 3 is 2.24 bits per heavy atom. The number of halogens is 1. The number of hydrogen-bond donors (Lipinski definition) is 3. The lowest BCUT2D eigenvalue weighted by atomic mass is 10.1. The van der Waals surface area contributed by atoms with Gasteiger partial charge < -0.3 is 24.6 Å². The number of carbonyl (C=O) groups is 2. The van der Waals surface area contributed by atoms with Gasteiger partial charge in [0.1, 0.15) is 11.3 Å². The van der Waals surface area contributed by atoms with E-state index >= 15 is 4.39 Å². The number of rotatable bonds is 10. The van der Waals surface area contributed by atoms with Gasteiger partial charge in [-0.3, -0.25) is 13.9 Å². The highest BCUT2D eigenvalue weighted by Crippen LogP contribution is 2.53. The van der Waals surface area contributed by atoms with Crippen LogP contribution in [0.2, 0.25) is 0 Å². The molecule has 12 nitrogen and oxygen atoms in total. The van der Waals surface area contributed by atoms with Crippen molar-refractivity contribution >= 4 is 48.2 Å². The Morgan fingerprint density at radius 1 is 0.957 bits per heavy atom. The number of imidazole rings is 1. The van der Waals surface area contributed by atoms with Crippen LogP contribution in [0.25, 0.3) is 11.2 Å². The Labute approximate surface area is 266 Å². The minimum absolute atomic E-state index is 0.0857. The molecule has 3 N–H and O–H groups in total. The van der Waals surface area contributed by atoms with Crippen molar-refractivity contribution in [2.24, 2.45) is 0 Å². The van der Waals surface area contributed by atoms with Crippen molar-refractivity contribution in [1.29, 1.82) is 0 Å². The van der Waals surface area contributed by atoms with E-state index in [1.165, 1.54) is 29.4 Å². The van der Waals surface area contributed by atoms with Crippen LogP contribution in [-0.4, -0.2) is 64.6 Å². The second-order valence-corrected chi connectivity index (χ2v) is 13.7. The molecule has 0 radical (unpaired) electrons. The van der Waals surface area contributed by atoms with Crippen LogP contribution in [0.15, 0.2) is 109 Å². The van der Waals surface area contributed by atoms with E-state index < -0.39 is 55.5 Å². The Kier molecular flexibility index (Phi) is 9.24. The summed E-state index contributed by atoms with van der Waals surface area (Å²) >= 11 is 0.906. The summed E-state index contributed by atoms with van der Waals surface area (Å²) in [4.78, 5) is 58.3. The molecule has 1 amide bonds. The second-order valence-electron chi connectivity index (χ2n) is 10.3. The average Bonchev–Trinajstić information content (AvgIpc) is 3.63. The van der Waals surface area contributed by atoms with E-state index in [9.17, 15) is 23.9 Å². The molecular formula is C31H27FN5O7PS. The maximum atomic E-state index is 16.3. The minimum atomic E-state index is -4.75. The molecule has 0 spiro atoms. The molecule has 1 unspecified atom stereocenters. The summed E-state index contributed by atoms with van der Waals surface area (Å²) in [5.74, 6) is -1.17. The molecule has 6 rings (SSSR count). The van der Waals surface area contributed by atoms with E-state index in [-0.39, 0.29) is 22.5 Å². The highest BCUT2D eigenvalue weighted by atomic mass is 32.2. The zero-order chi connectivity index (χ0) is 32.3. The molecule has 3 heterocycles. The van der Waals surface area contributed by atoms with Crippen molar-refractivity contribution < 1.29 is 37.8 Å². The maximum Gasteiger partial charge on any atom is 0.338 e. The fourth-order valence-corrected chi connectivity index (χ4v) is 7.32. The van der Waals surface area contributed by atoms with Gasteiger partial charge in [-0.25, -0.2) is 24.1 Å². The lowest BCUT2D eigenvalue weighted by Gasteiger charge is -2.22. The summed E-state index contributed by atoms with van der Waals surface area (Å²) in [6.07, 6.45) is -4.17. The highest BCUT2D eigenvalue weighted by Gasteiger charge is 2.51. The third kappa shape index (κ3) is 6.86. The van der Waals surface area contributed by atoms with Crippen LogP contribution >= 0.6 is 19.4 Å². The van der Waals surface area contributed by atoms with E-state index in [2.05, 4.69) is 20.3 Å². The predicted molar refractivity (Wildman–Crippen MR) is 167 cm³/mol. The van der Waals surface area contributed by atoms with Gasteiger partial charge in [-0.05, 0) is 36.4 Å². The molecule has 2 aromatic heterocycles. The van der Waals surface area contributed by atoms with Crippen LogP contribution in [0.5, 0.6) is 0 Å². The standard InChI is InChI=1S/C31H27FN5O7PS/c32-24-22(16-23(45(40,41)42)46-21-14-8-3-9-15-21)43-30(26(24)44-31(39)20-12-6-2-7-13-20)37-18-35-25-27(33-17-34-28(25)37)36-29(38)19-10-4-1-5-11-19/h1-15,17-18,22-24,26,30H,16H2,(H2,40,41,42)(H,33,34,36,38)/t22-,23?,24-,26-,30-/m1/s1. The van der Waals surface area contributed by atoms with Crippen LogP contribution < -0.4 is 5.32 Å². The molecule has 1 fully saturated rings. The van der Waals surface area contributed by atoms with Gasteiger partial charge in [0.15, 0.2) is 35.5 Å². The van der Waals surface area contributed by atoms with Crippen molar-refractivity contribution in [3.05, 3.63) is 115 Å². The fourth-order valence-electron chi connectivity index (χ4n) is 5.01. The summed E-state index contributed by atoms with van der Waals surface area (Å²) in [7, 11) is -4.75. The highest BCUT2D eigenvalue weighted by molar-refractivity contribution is 8.05. The summed E-state index contributed by atoms with van der Waals surface area (Å²) in [6, 6.07) is 25.1. The van der Waals surface area contributed by atoms with Gasteiger partial charge in [0.05, 0.1) is 18.0 Å². The van der Waals surface area contributed by atoms with Gasteiger partial charge in [-0.2, -0.15) is 0 Å². The lowest BCUT2D eigenvalue weighted by Crippen LogP contribution is -2.34. The largest absolute Gasteiger partial charge is 0.451 e. The predicted octanol–water partition coefficient (Wildman–Crippen LogP) is 5.23. The van der Waals surface area contributed by atoms with Gasteiger partial charge in [0, 0.05) is 16.9 Å². The fraction of sp³-hybridized carbons (Fsp3) is 0.194. The van der Waals surface area contributed by atoms with Crippen molar-refractivity contribution in [3.8, 4) is 0 Å². The molecule has 1 aliphatic rings. The quantitative estimate of drug-likeness (QED) is 0.102. The number of fused-ring (bicyclic) bond motifs is 1. The Bertz CT molecular complexity index is 1880. The molecule has 0 saturated carbocycles. The summed E-state index contributed by atoms with van der Waals surface area (Å²) < 4.78 is 41.9. The van der Waals surface area contributed by atoms with Crippen molar-refractivity contribution in [1.82, 2.24) is 19.5 Å². The van der Waals surface area contributed by atoms with Crippen LogP contribution in [0.1, 0.15) is 33.4 Å². The number of anilines is 1. The molecule has 1 saturated heterocycles. The van der Waals surface area contributed by atoms with Gasteiger partial charge in [0.2, 0.25) is 0 Å². The number of esters is 1. The van der Waals surface area contributed by atoms with Crippen LogP contribution in [0.3, 0.4) is 0 Å². The number of nitrogens with one attached hydrogen (secondary N) is 1. The molecule has 0 bridgehead atoms. The van der Waals surface area contributed by atoms with Gasteiger partial charge >= 0.3 is 13.6 Å². The number of thioether (sulfide) groups is 1. The number of carbonyl (C=O) groups excluding carboxylic acids is 2. The monoisotopic (exact) mass is 663 g/mol. The normalized spacial score (nSPS) is 20.3. The number of ether oxygens (including phenoxy) is 2. The molecule has 1 aliphatic heterocycles. The number of nitrogens with zero attached hydrogens (tertiary/aromatic N) is 4. The first-order valence-electron chi connectivity index (χ1n) is 14.1. The molecule has 0 aliphatic carbocycles. The molecule has 46 heavy (non-hydrogen) atoms. The van der Waals surface area contributed by atoms with E-state index in [4.69, 9.17) is 9.47 Å². The number of hydrogen-bond acceptors (Lipinski definition) is 9. The number of aromatic nitrogens is 4. The van der Waals surface area contributed by atoms with Crippen LogP contribution in [0.4, 0.5) is 10.2 Å². The zero-order valence-electron chi connectivity index (χ0n) is 23.9. The third-order valence-electron chi connectivity index (χ3n) is 7.24. The van der Waals surface area contributed by atoms with Gasteiger partial charge in [-0.15, -0.1) is 11.8 Å². The molecular weight excluding hydrogens is 636 g/mol. The number of alkyl halides is 1. The van der Waals surface area contributed by atoms with Gasteiger partial charge in [-0.1, -0.05) is 54.6 Å². The van der Waals surface area contributed by atoms with Crippen molar-refractivity contribution in [2.45, 2.75) is 40.9 Å². The minimum Gasteiger partial charge on any atom is -0.451 e. The molecule has 5 aromatic rings. The van der Waals surface area contributed by atoms with E-state index in [0.717, 1.165) is 11.8 Å². The molecule has 236 valence electrons. The number of amides is 1. The SMILES string of the molecule is O=C(Nc1ncnc2c1ncn2[C@@H]1O[C@H](CC(Sc2ccccc2)P(=O)(O)O)[C@@H](F)[C@H]1OC(=O)c1ccccc1)c1ccccc1. The maximum absolute atomic E-state index is 16.3. The summed E-state index contributed by atoms with van der Waals surface area (Å²) in [5, 5.41) is 2.70. The Hall–Kier alpha value is -4.46. The Balaban J connectivity index is 1.32. The third-order valence-corrected chi connectivity index (χ3v) is 10.4. The smallest absolute Gasteiger partial charge is 0.338 e. The number of benzene rings is 3. The van der Waals surface area contributed by atoms with E-state index in [0.29, 0.717) is 10.5 Å². The summed E-state index contributed by atoms with van der Waals surface area (Å²) in [5.41, 5.74) is 0.863. The van der Waals surface area contributed by atoms with E-state index in [1.807, 2.05) is 0 Å². The van der Waals surface area contributed by atoms with Crippen molar-refractivity contribution in [2.75, 3.05) is 5.32 Å². The van der Waals surface area contributed by atoms with Crippen LogP contribution in [-0.2, 0) is 14.0 Å². The first kappa shape index (κ1) is 31.5. The van der Waals surface area contributed by atoms with Gasteiger partial charge in [0.25, 0.3) is 5.91 Å². The lowest BCUT2D eigenvalue weighted by molar-refractivity contribution is -0.0474. The molecule has 15 heteroatoms.